The molecule has 0 aliphatic rings. The minimum atomic E-state index is -4.05. The van der Waals surface area contributed by atoms with Crippen molar-refractivity contribution in [3.05, 3.63) is 63.4 Å². The predicted octanol–water partition coefficient (Wildman–Crippen LogP) is 4.52. The number of hydrogen-bond acceptors (Lipinski definition) is 4. The molecule has 0 radical (unpaired) electrons. The lowest BCUT2D eigenvalue weighted by Gasteiger charge is -2.19. The van der Waals surface area contributed by atoms with Crippen LogP contribution < -0.4 is 0 Å². The number of nitrogens with zero attached hydrogens (tertiary/aromatic N) is 1. The largest absolute Gasteiger partial charge is 0.457 e. The summed E-state index contributed by atoms with van der Waals surface area (Å²) in [4.78, 5) is 11.7. The Morgan fingerprint density at radius 3 is 2.33 bits per heavy atom. The summed E-state index contributed by atoms with van der Waals surface area (Å²) < 4.78 is 45.5. The zero-order valence-electron chi connectivity index (χ0n) is 14.7. The van der Waals surface area contributed by atoms with Crippen LogP contribution in [0.25, 0.3) is 0 Å². The maximum absolute atomic E-state index is 14.1. The Kier molecular flexibility index (Phi) is 7.22. The van der Waals surface area contributed by atoms with Crippen molar-refractivity contribution in [3.63, 3.8) is 0 Å². The molecular formula is C18H18Cl2FNO4S. The van der Waals surface area contributed by atoms with Crippen molar-refractivity contribution < 1.29 is 22.3 Å². The molecule has 0 saturated carbocycles. The molecule has 0 fully saturated rings. The van der Waals surface area contributed by atoms with Crippen LogP contribution in [0.4, 0.5) is 4.39 Å². The van der Waals surface area contributed by atoms with Crippen molar-refractivity contribution in [2.75, 3.05) is 13.1 Å². The van der Waals surface area contributed by atoms with Crippen LogP contribution in [-0.2, 0) is 21.4 Å². The van der Waals surface area contributed by atoms with Crippen molar-refractivity contribution >= 4 is 39.2 Å². The van der Waals surface area contributed by atoms with Gasteiger partial charge in [0.05, 0.1) is 15.6 Å². The molecule has 0 N–H and O–H groups in total. The normalized spacial score (nSPS) is 11.6. The number of carbonyl (C=O) groups excluding carboxylic acids is 1. The molecule has 9 heteroatoms. The van der Waals surface area contributed by atoms with E-state index in [2.05, 4.69) is 0 Å². The lowest BCUT2D eigenvalue weighted by Crippen LogP contribution is -2.31. The van der Waals surface area contributed by atoms with E-state index in [1.807, 2.05) is 0 Å². The third-order valence-electron chi connectivity index (χ3n) is 3.84. The molecule has 0 aromatic heterocycles. The van der Waals surface area contributed by atoms with Crippen molar-refractivity contribution in [2.45, 2.75) is 25.3 Å². The SMILES string of the molecule is CCN(CC)S(=O)(=O)c1cc(C(=O)OCc2ccc(Cl)c(Cl)c2)ccc1F. The quantitative estimate of drug-likeness (QED) is 0.602. The van der Waals surface area contributed by atoms with Crippen molar-refractivity contribution in [3.8, 4) is 0 Å². The lowest BCUT2D eigenvalue weighted by atomic mass is 10.2. The van der Waals surface area contributed by atoms with Gasteiger partial charge < -0.3 is 4.74 Å². The molecule has 0 amide bonds. The highest BCUT2D eigenvalue weighted by atomic mass is 35.5. The second-order valence-electron chi connectivity index (χ2n) is 5.56. The molecule has 0 aliphatic heterocycles. The van der Waals surface area contributed by atoms with Crippen LogP contribution in [-0.4, -0.2) is 31.8 Å². The van der Waals surface area contributed by atoms with Gasteiger partial charge in [0.15, 0.2) is 0 Å². The van der Waals surface area contributed by atoms with E-state index >= 15 is 0 Å². The summed E-state index contributed by atoms with van der Waals surface area (Å²) in [5.41, 5.74) is 0.540. The third-order valence-corrected chi connectivity index (χ3v) is 6.65. The van der Waals surface area contributed by atoms with E-state index in [9.17, 15) is 17.6 Å². The van der Waals surface area contributed by atoms with E-state index in [1.54, 1.807) is 32.0 Å². The number of halogens is 3. The monoisotopic (exact) mass is 433 g/mol. The van der Waals surface area contributed by atoms with Crippen molar-refractivity contribution in [1.29, 1.82) is 0 Å². The summed E-state index contributed by atoms with van der Waals surface area (Å²) in [6.07, 6.45) is 0. The second-order valence-corrected chi connectivity index (χ2v) is 8.28. The van der Waals surface area contributed by atoms with Gasteiger partial charge in [-0.15, -0.1) is 0 Å². The molecular weight excluding hydrogens is 416 g/mol. The average Bonchev–Trinajstić information content (AvgIpc) is 2.63. The van der Waals surface area contributed by atoms with Gasteiger partial charge in [-0.3, -0.25) is 0 Å². The maximum atomic E-state index is 14.1. The summed E-state index contributed by atoms with van der Waals surface area (Å²) in [6.45, 7) is 3.57. The van der Waals surface area contributed by atoms with Crippen LogP contribution in [0.5, 0.6) is 0 Å². The van der Waals surface area contributed by atoms with Gasteiger partial charge in [0.25, 0.3) is 0 Å². The van der Waals surface area contributed by atoms with E-state index in [-0.39, 0.29) is 25.3 Å². The van der Waals surface area contributed by atoms with E-state index in [4.69, 9.17) is 27.9 Å². The molecule has 0 bridgehead atoms. The summed E-state index contributed by atoms with van der Waals surface area (Å²) in [5, 5.41) is 0.691. The average molecular weight is 434 g/mol. The molecule has 0 spiro atoms. The Hall–Kier alpha value is -1.67. The number of sulfonamides is 1. The Labute approximate surface area is 167 Å². The smallest absolute Gasteiger partial charge is 0.338 e. The fourth-order valence-electron chi connectivity index (χ4n) is 2.39. The van der Waals surface area contributed by atoms with Crippen LogP contribution in [0, 0.1) is 5.82 Å². The summed E-state index contributed by atoms with van der Waals surface area (Å²) in [7, 11) is -4.05. The molecule has 0 saturated heterocycles. The van der Waals surface area contributed by atoms with Crippen LogP contribution in [0.3, 0.4) is 0 Å². The van der Waals surface area contributed by atoms with Gasteiger partial charge >= 0.3 is 5.97 Å². The zero-order valence-corrected chi connectivity index (χ0v) is 17.0. The highest BCUT2D eigenvalue weighted by molar-refractivity contribution is 7.89. The molecule has 0 unspecified atom stereocenters. The number of benzene rings is 2. The molecule has 2 aromatic carbocycles. The highest BCUT2D eigenvalue weighted by Gasteiger charge is 2.26. The standard InChI is InChI=1S/C18H18Cl2FNO4S/c1-3-22(4-2)27(24,25)17-10-13(6-8-16(17)21)18(23)26-11-12-5-7-14(19)15(20)9-12/h5-10H,3-4,11H2,1-2H3. The number of esters is 1. The van der Waals surface area contributed by atoms with Gasteiger partial charge in [-0.1, -0.05) is 43.1 Å². The summed E-state index contributed by atoms with van der Waals surface area (Å²) in [6, 6.07) is 7.86. The van der Waals surface area contributed by atoms with Gasteiger partial charge in [-0.25, -0.2) is 17.6 Å². The molecule has 0 aliphatic carbocycles. The summed E-state index contributed by atoms with van der Waals surface area (Å²) >= 11 is 11.7. The Balaban J connectivity index is 2.23. The first-order valence-electron chi connectivity index (χ1n) is 8.11. The Morgan fingerprint density at radius 2 is 1.74 bits per heavy atom. The van der Waals surface area contributed by atoms with Crippen molar-refractivity contribution in [2.24, 2.45) is 0 Å². The van der Waals surface area contributed by atoms with Crippen molar-refractivity contribution in [1.82, 2.24) is 4.31 Å². The fraction of sp³-hybridized carbons (Fsp3) is 0.278. The topological polar surface area (TPSA) is 63.7 Å². The van der Waals surface area contributed by atoms with Gasteiger partial charge in [-0.2, -0.15) is 4.31 Å². The minimum Gasteiger partial charge on any atom is -0.457 e. The van der Waals surface area contributed by atoms with E-state index in [0.717, 1.165) is 16.4 Å². The molecule has 146 valence electrons. The number of hydrogen-bond donors (Lipinski definition) is 0. The number of ether oxygens (including phenoxy) is 1. The van der Waals surface area contributed by atoms with Crippen LogP contribution in [0.1, 0.15) is 29.8 Å². The fourth-order valence-corrected chi connectivity index (χ4v) is 4.26. The van der Waals surface area contributed by atoms with Crippen LogP contribution in [0.15, 0.2) is 41.3 Å². The molecule has 27 heavy (non-hydrogen) atoms. The van der Waals surface area contributed by atoms with E-state index in [0.29, 0.717) is 15.6 Å². The molecule has 0 atom stereocenters. The van der Waals surface area contributed by atoms with Crippen LogP contribution >= 0.6 is 23.2 Å². The summed E-state index contributed by atoms with van der Waals surface area (Å²) in [5.74, 6) is -1.71. The van der Waals surface area contributed by atoms with E-state index in [1.165, 1.54) is 6.07 Å². The predicted molar refractivity (Wildman–Crippen MR) is 102 cm³/mol. The highest BCUT2D eigenvalue weighted by Crippen LogP contribution is 2.24. The Morgan fingerprint density at radius 1 is 1.07 bits per heavy atom. The van der Waals surface area contributed by atoms with Gasteiger partial charge in [0.2, 0.25) is 10.0 Å². The Bertz CT molecular complexity index is 946. The first kappa shape index (κ1) is 21.6. The first-order valence-corrected chi connectivity index (χ1v) is 10.3. The van der Waals surface area contributed by atoms with Gasteiger partial charge in [-0.05, 0) is 35.9 Å². The van der Waals surface area contributed by atoms with Gasteiger partial charge in [0, 0.05) is 13.1 Å². The first-order chi connectivity index (χ1) is 12.7. The minimum absolute atomic E-state index is 0.0674. The van der Waals surface area contributed by atoms with Gasteiger partial charge in [0.1, 0.15) is 17.3 Å². The number of rotatable bonds is 7. The molecule has 5 nitrogen and oxygen atoms in total. The third kappa shape index (κ3) is 4.99. The number of carbonyl (C=O) groups is 1. The maximum Gasteiger partial charge on any atom is 0.338 e. The van der Waals surface area contributed by atoms with E-state index < -0.39 is 26.7 Å². The molecule has 2 rings (SSSR count). The lowest BCUT2D eigenvalue weighted by molar-refractivity contribution is 0.0472. The molecule has 2 aromatic rings. The van der Waals surface area contributed by atoms with Crippen LogP contribution in [0.2, 0.25) is 10.0 Å². The molecule has 0 heterocycles. The second kappa shape index (κ2) is 9.01. The zero-order chi connectivity index (χ0) is 20.2.